The lowest BCUT2D eigenvalue weighted by Crippen LogP contribution is -2.31. The molecule has 5 heteroatoms. The van der Waals surface area contributed by atoms with E-state index in [9.17, 15) is 4.79 Å². The molecule has 0 aliphatic carbocycles. The molecule has 0 radical (unpaired) electrons. The number of aromatic nitrogens is 2. The van der Waals surface area contributed by atoms with Crippen LogP contribution in [0.5, 0.6) is 5.75 Å². The van der Waals surface area contributed by atoms with Gasteiger partial charge in [-0.2, -0.15) is 0 Å². The molecular weight excluding hydrogens is 302 g/mol. The zero-order valence-corrected chi connectivity index (χ0v) is 13.1. The van der Waals surface area contributed by atoms with E-state index in [1.54, 1.807) is 30.7 Å². The molecule has 0 N–H and O–H groups in total. The van der Waals surface area contributed by atoms with Gasteiger partial charge >= 0.3 is 0 Å². The Bertz CT molecular complexity index is 861. The number of hydrogen-bond acceptors (Lipinski definition) is 4. The molecule has 3 aromatic rings. The van der Waals surface area contributed by atoms with Crippen LogP contribution in [-0.4, -0.2) is 40.0 Å². The Kier molecular flexibility index (Phi) is 3.83. The first-order valence-corrected chi connectivity index (χ1v) is 8.01. The number of rotatable bonds is 3. The van der Waals surface area contributed by atoms with Crippen LogP contribution in [0.4, 0.5) is 0 Å². The zero-order valence-electron chi connectivity index (χ0n) is 13.1. The van der Waals surface area contributed by atoms with Crippen LogP contribution in [0.25, 0.3) is 10.9 Å². The van der Waals surface area contributed by atoms with Crippen molar-refractivity contribution in [1.29, 1.82) is 0 Å². The first kappa shape index (κ1) is 14.6. The summed E-state index contributed by atoms with van der Waals surface area (Å²) in [6, 6.07) is 13.4. The van der Waals surface area contributed by atoms with E-state index < -0.39 is 0 Å². The predicted molar refractivity (Wildman–Crippen MR) is 90.9 cm³/mol. The fourth-order valence-corrected chi connectivity index (χ4v) is 3.03. The molecule has 1 amide bonds. The van der Waals surface area contributed by atoms with Crippen LogP contribution in [-0.2, 0) is 0 Å². The van der Waals surface area contributed by atoms with E-state index in [4.69, 9.17) is 4.74 Å². The molecule has 1 atom stereocenters. The Labute approximate surface area is 139 Å². The molecule has 1 aliphatic heterocycles. The van der Waals surface area contributed by atoms with E-state index in [2.05, 4.69) is 9.97 Å². The summed E-state index contributed by atoms with van der Waals surface area (Å²) in [7, 11) is 0. The molecule has 1 saturated heterocycles. The van der Waals surface area contributed by atoms with Gasteiger partial charge in [-0.25, -0.2) is 0 Å². The largest absolute Gasteiger partial charge is 0.486 e. The van der Waals surface area contributed by atoms with Gasteiger partial charge in [0.05, 0.1) is 12.1 Å². The second kappa shape index (κ2) is 6.28. The third-order valence-corrected chi connectivity index (χ3v) is 4.23. The van der Waals surface area contributed by atoms with E-state index in [1.165, 1.54) is 0 Å². The highest BCUT2D eigenvalue weighted by atomic mass is 16.5. The van der Waals surface area contributed by atoms with Crippen molar-refractivity contribution in [2.45, 2.75) is 12.5 Å². The Morgan fingerprint density at radius 1 is 1.12 bits per heavy atom. The second-order valence-electron chi connectivity index (χ2n) is 5.85. The van der Waals surface area contributed by atoms with Crippen LogP contribution in [0.2, 0.25) is 0 Å². The van der Waals surface area contributed by atoms with Gasteiger partial charge in [0.1, 0.15) is 17.4 Å². The van der Waals surface area contributed by atoms with Gasteiger partial charge in [0.15, 0.2) is 0 Å². The standard InChI is InChI=1S/C19H17N3O2/c23-19(15-6-2-9-20-12-15)22-11-8-16(13-22)24-17-7-1-4-14-5-3-10-21-18(14)17/h1-7,9-10,12,16H,8,11,13H2. The molecule has 1 unspecified atom stereocenters. The lowest BCUT2D eigenvalue weighted by Gasteiger charge is -2.17. The maximum Gasteiger partial charge on any atom is 0.255 e. The number of para-hydroxylation sites is 1. The molecule has 2 aromatic heterocycles. The molecule has 3 heterocycles. The molecule has 1 aliphatic rings. The van der Waals surface area contributed by atoms with Crippen molar-refractivity contribution in [3.8, 4) is 5.75 Å². The summed E-state index contributed by atoms with van der Waals surface area (Å²) < 4.78 is 6.13. The number of benzene rings is 1. The molecule has 4 rings (SSSR count). The summed E-state index contributed by atoms with van der Waals surface area (Å²) in [5, 5.41) is 1.05. The number of nitrogens with zero attached hydrogens (tertiary/aromatic N) is 3. The van der Waals surface area contributed by atoms with Gasteiger partial charge in [0.25, 0.3) is 5.91 Å². The van der Waals surface area contributed by atoms with E-state index in [-0.39, 0.29) is 12.0 Å². The molecule has 1 fully saturated rings. The van der Waals surface area contributed by atoms with E-state index >= 15 is 0 Å². The number of amides is 1. The molecule has 0 spiro atoms. The minimum absolute atomic E-state index is 0.00486. The van der Waals surface area contributed by atoms with Gasteiger partial charge in [0.2, 0.25) is 0 Å². The van der Waals surface area contributed by atoms with Gasteiger partial charge < -0.3 is 9.64 Å². The van der Waals surface area contributed by atoms with Crippen molar-refractivity contribution in [1.82, 2.24) is 14.9 Å². The van der Waals surface area contributed by atoms with Gasteiger partial charge in [-0.15, -0.1) is 0 Å². The van der Waals surface area contributed by atoms with E-state index in [1.807, 2.05) is 35.2 Å². The second-order valence-corrected chi connectivity index (χ2v) is 5.85. The summed E-state index contributed by atoms with van der Waals surface area (Å²) in [4.78, 5) is 22.7. The maximum absolute atomic E-state index is 12.5. The monoisotopic (exact) mass is 319 g/mol. The predicted octanol–water partition coefficient (Wildman–Crippen LogP) is 2.92. The van der Waals surface area contributed by atoms with Gasteiger partial charge in [0, 0.05) is 36.9 Å². The first-order valence-electron chi connectivity index (χ1n) is 8.01. The minimum Gasteiger partial charge on any atom is -0.486 e. The van der Waals surface area contributed by atoms with Crippen molar-refractivity contribution >= 4 is 16.8 Å². The highest BCUT2D eigenvalue weighted by molar-refractivity contribution is 5.94. The van der Waals surface area contributed by atoms with E-state index in [0.717, 1.165) is 23.1 Å². The van der Waals surface area contributed by atoms with Gasteiger partial charge in [-0.1, -0.05) is 18.2 Å². The van der Waals surface area contributed by atoms with Gasteiger partial charge in [-0.05, 0) is 24.3 Å². The number of carbonyl (C=O) groups excluding carboxylic acids is 1. The quantitative estimate of drug-likeness (QED) is 0.745. The van der Waals surface area contributed by atoms with Crippen molar-refractivity contribution in [3.05, 3.63) is 66.6 Å². The molecular formula is C19H17N3O2. The van der Waals surface area contributed by atoms with Crippen LogP contribution in [0.3, 0.4) is 0 Å². The first-order chi connectivity index (χ1) is 11.8. The Morgan fingerprint density at radius 3 is 2.88 bits per heavy atom. The van der Waals surface area contributed by atoms with Crippen LogP contribution in [0, 0.1) is 0 Å². The Hall–Kier alpha value is -2.95. The number of hydrogen-bond donors (Lipinski definition) is 0. The molecule has 5 nitrogen and oxygen atoms in total. The maximum atomic E-state index is 12.5. The third kappa shape index (κ3) is 2.80. The molecule has 120 valence electrons. The summed E-state index contributed by atoms with van der Waals surface area (Å²) >= 11 is 0. The fourth-order valence-electron chi connectivity index (χ4n) is 3.03. The minimum atomic E-state index is -0.0155. The van der Waals surface area contributed by atoms with E-state index in [0.29, 0.717) is 18.7 Å². The number of likely N-dealkylation sites (tertiary alicyclic amines) is 1. The lowest BCUT2D eigenvalue weighted by molar-refractivity contribution is 0.0772. The van der Waals surface area contributed by atoms with Crippen molar-refractivity contribution in [2.24, 2.45) is 0 Å². The SMILES string of the molecule is O=C(c1cccnc1)N1CCC(Oc2cccc3cccnc23)C1. The lowest BCUT2D eigenvalue weighted by atomic mass is 10.2. The Morgan fingerprint density at radius 2 is 2.00 bits per heavy atom. The summed E-state index contributed by atoms with van der Waals surface area (Å²) in [6.45, 7) is 1.27. The zero-order chi connectivity index (χ0) is 16.4. The molecule has 0 saturated carbocycles. The topological polar surface area (TPSA) is 55.3 Å². The number of carbonyl (C=O) groups is 1. The average molecular weight is 319 g/mol. The third-order valence-electron chi connectivity index (χ3n) is 4.23. The summed E-state index contributed by atoms with van der Waals surface area (Å²) in [5.41, 5.74) is 1.47. The molecule has 0 bridgehead atoms. The number of pyridine rings is 2. The van der Waals surface area contributed by atoms with Crippen molar-refractivity contribution < 1.29 is 9.53 Å². The highest BCUT2D eigenvalue weighted by Crippen LogP contribution is 2.26. The highest BCUT2D eigenvalue weighted by Gasteiger charge is 2.28. The van der Waals surface area contributed by atoms with Crippen LogP contribution < -0.4 is 4.74 Å². The van der Waals surface area contributed by atoms with Crippen LogP contribution in [0.1, 0.15) is 16.8 Å². The molecule has 24 heavy (non-hydrogen) atoms. The van der Waals surface area contributed by atoms with Crippen LogP contribution in [0.15, 0.2) is 61.1 Å². The van der Waals surface area contributed by atoms with Crippen molar-refractivity contribution in [2.75, 3.05) is 13.1 Å². The summed E-state index contributed by atoms with van der Waals surface area (Å²) in [5.74, 6) is 0.777. The number of ether oxygens (including phenoxy) is 1. The normalized spacial score (nSPS) is 17.2. The number of fused-ring (bicyclic) bond motifs is 1. The van der Waals surface area contributed by atoms with Crippen molar-refractivity contribution in [3.63, 3.8) is 0 Å². The van der Waals surface area contributed by atoms with Gasteiger partial charge in [-0.3, -0.25) is 14.8 Å². The molecule has 1 aromatic carbocycles. The smallest absolute Gasteiger partial charge is 0.255 e. The summed E-state index contributed by atoms with van der Waals surface area (Å²) in [6.07, 6.45) is 5.83. The fraction of sp³-hybridized carbons (Fsp3) is 0.211. The Balaban J connectivity index is 1.48. The van der Waals surface area contributed by atoms with Crippen LogP contribution >= 0.6 is 0 Å². The average Bonchev–Trinajstić information content (AvgIpc) is 3.11.